The monoisotopic (exact) mass is 1620 g/mol. The van der Waals surface area contributed by atoms with Crippen molar-refractivity contribution in [2.45, 2.75) is 176 Å². The van der Waals surface area contributed by atoms with Crippen LogP contribution in [0, 0.1) is 10.8 Å². The first-order valence-corrected chi connectivity index (χ1v) is 39.5. The summed E-state index contributed by atoms with van der Waals surface area (Å²) in [5, 5.41) is 78.8. The Hall–Kier alpha value is -12.1. The first-order chi connectivity index (χ1) is 54.4. The summed E-state index contributed by atoms with van der Waals surface area (Å²) in [5.41, 5.74) is 12.3. The number of carbonyl (C=O) groups excluding carboxylic acids is 12. The maximum atomic E-state index is 15.4. The molecule has 12 atom stereocenters. The lowest BCUT2D eigenvalue weighted by Crippen LogP contribution is -2.61. The van der Waals surface area contributed by atoms with Gasteiger partial charge in [-0.25, -0.2) is 9.78 Å². The zero-order valence-corrected chi connectivity index (χ0v) is 64.2. The van der Waals surface area contributed by atoms with E-state index < -0.39 is 192 Å². The lowest BCUT2D eigenvalue weighted by Gasteiger charge is -2.33. The molecule has 22 N–H and O–H groups in total. The van der Waals surface area contributed by atoms with Crippen molar-refractivity contribution in [2.24, 2.45) is 11.5 Å². The second-order valence-electron chi connectivity index (χ2n) is 27.8. The van der Waals surface area contributed by atoms with Gasteiger partial charge in [0, 0.05) is 76.5 Å². The first kappa shape index (κ1) is 87.5. The Bertz CT molecular complexity index is 4380. The van der Waals surface area contributed by atoms with E-state index in [1.165, 1.54) is 29.2 Å². The molecule has 0 spiro atoms. The Morgan fingerprint density at radius 1 is 0.570 bits per heavy atom. The maximum Gasteiger partial charge on any atom is 0.326 e. The van der Waals surface area contributed by atoms with Gasteiger partial charge >= 0.3 is 17.9 Å². The average Bonchev–Trinajstić information content (AvgIpc) is 1.59. The molecule has 3 aliphatic rings. The molecular formula is C74H96N20O18S2. The Labute approximate surface area is 662 Å². The van der Waals surface area contributed by atoms with Crippen molar-refractivity contribution in [1.82, 2.24) is 83.6 Å². The molecule has 114 heavy (non-hydrogen) atoms. The number of H-pyrrole nitrogens is 1. The van der Waals surface area contributed by atoms with Gasteiger partial charge in [0.05, 0.1) is 18.4 Å². The Balaban J connectivity index is 1.15. The number of guanidine groups is 2. The molecule has 8 rings (SSSR count). The maximum absolute atomic E-state index is 15.4. The van der Waals surface area contributed by atoms with E-state index in [1.54, 1.807) is 48.5 Å². The number of carboxylic acid groups (broad SMARTS) is 3. The predicted molar refractivity (Wildman–Crippen MR) is 418 cm³/mol. The molecular weight excluding hydrogens is 1520 g/mol. The highest BCUT2D eigenvalue weighted by atomic mass is 33.1. The van der Waals surface area contributed by atoms with Crippen LogP contribution in [0.4, 0.5) is 0 Å². The minimum atomic E-state index is -1.90. The highest BCUT2D eigenvalue weighted by Gasteiger charge is 2.45. The zero-order chi connectivity index (χ0) is 82.7. The first-order valence-electron chi connectivity index (χ1n) is 37.0. The van der Waals surface area contributed by atoms with Gasteiger partial charge in [0.1, 0.15) is 72.5 Å². The van der Waals surface area contributed by atoms with E-state index in [-0.39, 0.29) is 114 Å². The number of likely N-dealkylation sites (tertiary alicyclic amines) is 2. The van der Waals surface area contributed by atoms with E-state index in [9.17, 15) is 63.3 Å². The molecule has 0 radical (unpaired) electrons. The number of amides is 12. The van der Waals surface area contributed by atoms with Gasteiger partial charge in [-0.1, -0.05) is 107 Å². The number of imidazole rings is 1. The van der Waals surface area contributed by atoms with Gasteiger partial charge in [0.2, 0.25) is 70.9 Å². The van der Waals surface area contributed by atoms with Crippen molar-refractivity contribution in [3.05, 3.63) is 114 Å². The molecule has 0 bridgehead atoms. The number of carboxylic acids is 3. The van der Waals surface area contributed by atoms with Crippen LogP contribution < -0.4 is 75.3 Å². The van der Waals surface area contributed by atoms with Crippen molar-refractivity contribution >= 4 is 144 Å². The predicted octanol–water partition coefficient (Wildman–Crippen LogP) is -2.04. The molecule has 0 saturated carbocycles. The number of aromatic amines is 1. The number of nitrogens with one attached hydrogen (secondary N) is 15. The highest BCUT2D eigenvalue weighted by molar-refractivity contribution is 8.76. The van der Waals surface area contributed by atoms with Crippen molar-refractivity contribution in [3.63, 3.8) is 0 Å². The van der Waals surface area contributed by atoms with Crippen molar-refractivity contribution in [1.29, 1.82) is 10.8 Å². The molecule has 0 aliphatic carbocycles. The summed E-state index contributed by atoms with van der Waals surface area (Å²) in [6.07, 6.45) is 0.0000556. The van der Waals surface area contributed by atoms with Gasteiger partial charge in [-0.15, -0.1) is 0 Å². The second-order valence-corrected chi connectivity index (χ2v) is 30.3. The summed E-state index contributed by atoms with van der Waals surface area (Å²) in [6, 6.07) is 6.74. The summed E-state index contributed by atoms with van der Waals surface area (Å²) < 4.78 is 0. The van der Waals surface area contributed by atoms with Gasteiger partial charge in [0.15, 0.2) is 11.9 Å². The van der Waals surface area contributed by atoms with E-state index in [4.69, 9.17) is 22.3 Å². The van der Waals surface area contributed by atoms with Crippen LogP contribution in [0.2, 0.25) is 0 Å². The Morgan fingerprint density at radius 2 is 1.08 bits per heavy atom. The Kier molecular flexibility index (Phi) is 32.6. The van der Waals surface area contributed by atoms with Gasteiger partial charge in [-0.05, 0) is 97.4 Å². The summed E-state index contributed by atoms with van der Waals surface area (Å²) in [5.74, 6) is -17.1. The van der Waals surface area contributed by atoms with Crippen LogP contribution in [-0.4, -0.2) is 246 Å². The SMILES string of the molecule is CC(=O)N[C@H]1CSSC[C@@H](C(=O)N2CCC[C@H]2C(=O)N2CCC[C@H]2C(=O)N[C@@H](CCCNC(=N)N)C(=O)N[C@@H](CC(=O)O)C(=O)O)NC(=O)[C@H](C)NC(=O)[C@H](Cc2ccc3ccccc3c2)NC(=O)[C@H](CCCNC(=N)N)NC(=O)[C@@H](Cc2ccc3ccccc3c2)NC(=O)[C@H](Cc2c[nH]cn2)NC(=O)[C@H](CCC(=O)O)NC1=O. The number of hydrogen-bond donors (Lipinski definition) is 20. The van der Waals surface area contributed by atoms with Gasteiger partial charge in [0.25, 0.3) is 0 Å². The summed E-state index contributed by atoms with van der Waals surface area (Å²) in [4.78, 5) is 221. The number of hydrogen-bond acceptors (Lipinski definition) is 20. The smallest absolute Gasteiger partial charge is 0.326 e. The molecule has 40 heteroatoms. The van der Waals surface area contributed by atoms with Crippen molar-refractivity contribution in [3.8, 4) is 0 Å². The number of benzene rings is 4. The molecule has 12 amide bonds. The molecule has 1 aromatic heterocycles. The van der Waals surface area contributed by atoms with Crippen LogP contribution in [0.3, 0.4) is 0 Å². The Morgan fingerprint density at radius 3 is 1.62 bits per heavy atom. The number of aromatic nitrogens is 2. The highest BCUT2D eigenvalue weighted by Crippen LogP contribution is 2.29. The normalized spacial score (nSPS) is 22.4. The lowest BCUT2D eigenvalue weighted by molar-refractivity contribution is -0.148. The van der Waals surface area contributed by atoms with E-state index in [0.717, 1.165) is 50.1 Å². The van der Waals surface area contributed by atoms with Crippen LogP contribution in [0.1, 0.15) is 101 Å². The molecule has 4 heterocycles. The molecule has 5 aromatic rings. The van der Waals surface area contributed by atoms with Crippen LogP contribution >= 0.6 is 21.6 Å². The van der Waals surface area contributed by atoms with Crippen molar-refractivity contribution in [2.75, 3.05) is 37.7 Å². The molecule has 3 fully saturated rings. The third kappa shape index (κ3) is 26.3. The van der Waals surface area contributed by atoms with E-state index in [2.05, 4.69) is 73.8 Å². The molecule has 3 aliphatic heterocycles. The fourth-order valence-corrected chi connectivity index (χ4v) is 15.7. The molecule has 4 aromatic carbocycles. The lowest BCUT2D eigenvalue weighted by atomic mass is 9.99. The molecule has 612 valence electrons. The van der Waals surface area contributed by atoms with Crippen molar-refractivity contribution < 1.29 is 87.2 Å². The number of nitrogens with two attached hydrogens (primary N) is 2. The van der Waals surface area contributed by atoms with E-state index in [0.29, 0.717) is 11.1 Å². The number of aliphatic carboxylic acids is 3. The van der Waals surface area contributed by atoms with Gasteiger partial charge in [-0.2, -0.15) is 0 Å². The third-order valence-electron chi connectivity index (χ3n) is 19.2. The largest absolute Gasteiger partial charge is 0.481 e. The van der Waals surface area contributed by atoms with Gasteiger partial charge < -0.3 is 105 Å². The van der Waals surface area contributed by atoms with Crippen LogP contribution in [0.25, 0.3) is 21.5 Å². The van der Waals surface area contributed by atoms with Crippen LogP contribution in [-0.2, 0) is 91.2 Å². The fraction of sp³-hybridized carbons (Fsp3) is 0.459. The number of carbonyl (C=O) groups is 15. The number of rotatable bonds is 27. The van der Waals surface area contributed by atoms with Gasteiger partial charge in [-0.3, -0.25) is 77.9 Å². The van der Waals surface area contributed by atoms with Crippen LogP contribution in [0.5, 0.6) is 0 Å². The quantitative estimate of drug-likeness (QED) is 0.0117. The zero-order valence-electron chi connectivity index (χ0n) is 62.6. The summed E-state index contributed by atoms with van der Waals surface area (Å²) in [7, 11) is 1.81. The third-order valence-corrected chi connectivity index (χ3v) is 21.6. The average molecular weight is 1620 g/mol. The topological polar surface area (TPSA) is 596 Å². The van der Waals surface area contributed by atoms with E-state index in [1.807, 2.05) is 36.4 Å². The summed E-state index contributed by atoms with van der Waals surface area (Å²) in [6.45, 7) is 2.36. The molecule has 38 nitrogen and oxygen atoms in total. The molecule has 0 unspecified atom stereocenters. The second kappa shape index (κ2) is 42.5. The van der Waals surface area contributed by atoms with E-state index >= 15 is 24.0 Å². The minimum absolute atomic E-state index is 0.0115. The number of nitrogens with zero attached hydrogens (tertiary/aromatic N) is 3. The fourth-order valence-electron chi connectivity index (χ4n) is 13.3. The standard InChI is InChI=1S/C74H96N20O18S2/c1-39-61(100)92-56(70(109)94-28-10-18-58(94)71(110)93-27-9-17-57(93)69(108)87-49(16-8-26-81-74(77)78)63(102)91-54(72(111)112)34-60(98)99)37-114-113-36-55(84-40(2)95)68(107)86-50(23-24-59(96)97)64(103)90-53(33-47-35-79-38-82-47)67(106)89-52(32-42-20-22-44-12-4-6-14-46(44)30-42)66(105)85-48(15-7-25-80-73(75)76)62(101)88-51(65(104)83-39)31-41-19-21-43-11-3-5-13-45(43)29-41/h3-6,11-14,19-22,29-30,35,38-39,48-58H,7-10,15-18,23-28,31-34,36-37H2,1-2H3,(H,79,82)(H,83,104)(H,84,95)(H,85,105)(H,86,107)(H,87,108)(H,88,101)(H,89,106)(H,90,103)(H,91,102)(H,92,100)(H,96,97)(H,98,99)(H,111,112)(H4,75,76,80)(H4,77,78,81)/t39-,48-,49-,50-,51-,52+,53-,54-,55-,56-,57-,58-/m0/s1. The van der Waals surface area contributed by atoms with Crippen LogP contribution in [0.15, 0.2) is 97.5 Å². The summed E-state index contributed by atoms with van der Waals surface area (Å²) >= 11 is 0. The molecule has 3 saturated heterocycles. The minimum Gasteiger partial charge on any atom is -0.481 e. The number of fused-ring (bicyclic) bond motifs is 2.